The zero-order valence-corrected chi connectivity index (χ0v) is 36.8. The molecule has 1 saturated carbocycles. The second kappa shape index (κ2) is 16.7. The maximum Gasteiger partial charge on any atom is 0.319 e. The Bertz CT molecular complexity index is 2250. The lowest BCUT2D eigenvalue weighted by atomic mass is 9.95. The number of nitrogens with zero attached hydrogens (tertiary/aromatic N) is 4. The lowest BCUT2D eigenvalue weighted by Gasteiger charge is -2.38. The van der Waals surface area contributed by atoms with Gasteiger partial charge in [-0.05, 0) is 86.3 Å². The van der Waals surface area contributed by atoms with Crippen LogP contribution in [-0.4, -0.2) is 96.6 Å². The Balaban J connectivity index is 1.48. The van der Waals surface area contributed by atoms with Crippen LogP contribution in [-0.2, 0) is 4.74 Å². The first-order valence-corrected chi connectivity index (χ1v) is 23.2. The average Bonchev–Trinajstić information content (AvgIpc) is 3.66. The van der Waals surface area contributed by atoms with Gasteiger partial charge >= 0.3 is 6.01 Å². The SMILES string of the molecule is COCOc1cc(-c2nc(OC(C)C)c3c(NCC4(O)CC4)nc(OC[C@@]45CCCN4C[C@H](F)C5)nc3c2F)c2c(C#C[Si](C(C)C)(C(C)C)C(C)C)c(F)ccc2c1. The zero-order valence-electron chi connectivity index (χ0n) is 35.8. The molecular formula is C45H58F3N5O5Si. The van der Waals surface area contributed by atoms with Gasteiger partial charge in [-0.3, -0.25) is 4.90 Å². The van der Waals surface area contributed by atoms with E-state index in [1.165, 1.54) is 13.2 Å². The van der Waals surface area contributed by atoms with Crippen LogP contribution >= 0.6 is 0 Å². The molecular weight excluding hydrogens is 776 g/mol. The van der Waals surface area contributed by atoms with Crippen LogP contribution in [0.15, 0.2) is 24.3 Å². The third-order valence-corrected chi connectivity index (χ3v) is 18.9. The highest BCUT2D eigenvalue weighted by Crippen LogP contribution is 2.45. The number of rotatable bonds is 15. The monoisotopic (exact) mass is 833 g/mol. The summed E-state index contributed by atoms with van der Waals surface area (Å²) >= 11 is 0. The first-order chi connectivity index (χ1) is 28.0. The Morgan fingerprint density at radius 3 is 2.36 bits per heavy atom. The number of halogens is 3. The third-order valence-electron chi connectivity index (χ3n) is 12.6. The molecule has 14 heteroatoms. The highest BCUT2D eigenvalue weighted by atomic mass is 28.3. The lowest BCUT2D eigenvalue weighted by Crippen LogP contribution is -2.43. The highest BCUT2D eigenvalue weighted by Gasteiger charge is 2.49. The number of hydrogen-bond donors (Lipinski definition) is 2. The first-order valence-electron chi connectivity index (χ1n) is 21.0. The maximum atomic E-state index is 17.8. The number of aromatic nitrogens is 3. The van der Waals surface area contributed by atoms with Crippen molar-refractivity contribution in [3.05, 3.63) is 41.5 Å². The van der Waals surface area contributed by atoms with Gasteiger partial charge in [-0.15, -0.1) is 5.54 Å². The summed E-state index contributed by atoms with van der Waals surface area (Å²) in [5, 5.41) is 15.1. The van der Waals surface area contributed by atoms with Crippen LogP contribution < -0.4 is 19.5 Å². The molecule has 2 aromatic heterocycles. The summed E-state index contributed by atoms with van der Waals surface area (Å²) in [5.74, 6) is 2.50. The molecule has 0 amide bonds. The number of hydrogen-bond acceptors (Lipinski definition) is 10. The Morgan fingerprint density at radius 1 is 0.966 bits per heavy atom. The zero-order chi connectivity index (χ0) is 42.4. The maximum absolute atomic E-state index is 17.8. The van der Waals surface area contributed by atoms with Crippen molar-refractivity contribution < 1.29 is 37.2 Å². The molecule has 0 radical (unpaired) electrons. The van der Waals surface area contributed by atoms with E-state index in [1.807, 2.05) is 13.8 Å². The van der Waals surface area contributed by atoms with Crippen molar-refractivity contribution in [2.45, 2.75) is 128 Å². The molecule has 1 aliphatic carbocycles. The van der Waals surface area contributed by atoms with E-state index in [4.69, 9.17) is 28.9 Å². The molecule has 3 aliphatic rings. The van der Waals surface area contributed by atoms with Crippen LogP contribution in [0.3, 0.4) is 0 Å². The van der Waals surface area contributed by atoms with Gasteiger partial charge in [0, 0.05) is 37.6 Å². The number of pyridine rings is 1. The molecule has 3 fully saturated rings. The van der Waals surface area contributed by atoms with Crippen LogP contribution in [0.5, 0.6) is 17.6 Å². The van der Waals surface area contributed by atoms with Gasteiger partial charge in [0.15, 0.2) is 12.6 Å². The Kier molecular flexibility index (Phi) is 12.2. The van der Waals surface area contributed by atoms with Crippen LogP contribution in [0.4, 0.5) is 19.0 Å². The normalized spacial score (nSPS) is 20.2. The van der Waals surface area contributed by atoms with Crippen molar-refractivity contribution >= 4 is 35.6 Å². The van der Waals surface area contributed by atoms with Crippen LogP contribution in [0.2, 0.25) is 16.6 Å². The van der Waals surface area contributed by atoms with Crippen molar-refractivity contribution in [1.82, 2.24) is 19.9 Å². The van der Waals surface area contributed by atoms with Crippen molar-refractivity contribution in [1.29, 1.82) is 0 Å². The summed E-state index contributed by atoms with van der Waals surface area (Å²) in [5.41, 5.74) is 3.13. The van der Waals surface area contributed by atoms with E-state index in [0.29, 0.717) is 59.0 Å². The van der Waals surface area contributed by atoms with E-state index in [9.17, 15) is 9.50 Å². The number of aliphatic hydroxyl groups is 1. The van der Waals surface area contributed by atoms with E-state index >= 15 is 8.78 Å². The number of alkyl halides is 1. The van der Waals surface area contributed by atoms with E-state index in [-0.39, 0.29) is 65.4 Å². The second-order valence-corrected chi connectivity index (χ2v) is 23.5. The summed E-state index contributed by atoms with van der Waals surface area (Å²) in [6.07, 6.45) is 1.85. The smallest absolute Gasteiger partial charge is 0.319 e. The van der Waals surface area contributed by atoms with Gasteiger partial charge in [0.2, 0.25) is 5.88 Å². The minimum absolute atomic E-state index is 0.0334. The second-order valence-electron chi connectivity index (χ2n) is 18.0. The molecule has 4 heterocycles. The lowest BCUT2D eigenvalue weighted by molar-refractivity contribution is 0.0512. The molecule has 2 saturated heterocycles. The number of anilines is 1. The van der Waals surface area contributed by atoms with Gasteiger partial charge in [-0.1, -0.05) is 53.5 Å². The molecule has 2 aliphatic heterocycles. The predicted octanol–water partition coefficient (Wildman–Crippen LogP) is 9.35. The molecule has 4 aromatic rings. The highest BCUT2D eigenvalue weighted by molar-refractivity contribution is 6.90. The number of fused-ring (bicyclic) bond motifs is 3. The Hall–Kier alpha value is -4.16. The fourth-order valence-electron chi connectivity index (χ4n) is 9.55. The molecule has 0 spiro atoms. The summed E-state index contributed by atoms with van der Waals surface area (Å²) in [6, 6.07) is 6.24. The first kappa shape index (κ1) is 42.9. The summed E-state index contributed by atoms with van der Waals surface area (Å²) in [7, 11) is -0.840. The van der Waals surface area contributed by atoms with Crippen LogP contribution in [0.25, 0.3) is 32.9 Å². The Labute approximate surface area is 346 Å². The van der Waals surface area contributed by atoms with Gasteiger partial charge in [0.25, 0.3) is 0 Å². The minimum atomic E-state index is -2.34. The Morgan fingerprint density at radius 2 is 1.69 bits per heavy atom. The standard InChI is InChI=1S/C45H58F3N5O5Si/c1-26(2)58-42-37-40(51-43(52-41(37)49-23-45(54)15-16-45)56-24-44-14-10-17-53(44)22-31(46)21-44)38(48)39(50-42)34-20-32(57-25-55-9)19-30-11-12-35(47)33(36(30)34)13-18-59(27(3)4,28(5)6)29(7)8/h11-12,19-20,26-29,31,54H,10,14-17,21-25H2,1-9H3,(H,49,51,52)/t31-,44+/m1/s1. The van der Waals surface area contributed by atoms with Crippen molar-refractivity contribution in [2.24, 2.45) is 0 Å². The molecule has 2 aromatic carbocycles. The molecule has 0 bridgehead atoms. The molecule has 318 valence electrons. The minimum Gasteiger partial charge on any atom is -0.474 e. The molecule has 2 atom stereocenters. The van der Waals surface area contributed by atoms with Crippen molar-refractivity contribution in [3.63, 3.8) is 0 Å². The van der Waals surface area contributed by atoms with E-state index < -0.39 is 43.1 Å². The molecule has 0 unspecified atom stereocenters. The van der Waals surface area contributed by atoms with E-state index in [2.05, 4.69) is 68.2 Å². The topological polar surface area (TPSA) is 111 Å². The number of nitrogens with one attached hydrogen (secondary N) is 1. The van der Waals surface area contributed by atoms with Gasteiger partial charge in [0.05, 0.1) is 22.8 Å². The summed E-state index contributed by atoms with van der Waals surface area (Å²) < 4.78 is 72.6. The van der Waals surface area contributed by atoms with Gasteiger partial charge < -0.3 is 29.4 Å². The molecule has 7 rings (SSSR count). The third kappa shape index (κ3) is 8.32. The molecule has 10 nitrogen and oxygen atoms in total. The van der Waals surface area contributed by atoms with Crippen molar-refractivity contribution in [2.75, 3.05) is 45.5 Å². The van der Waals surface area contributed by atoms with Crippen LogP contribution in [0, 0.1) is 23.1 Å². The molecule has 59 heavy (non-hydrogen) atoms. The van der Waals surface area contributed by atoms with Crippen LogP contribution in [0.1, 0.15) is 93.1 Å². The number of methoxy groups -OCH3 is 1. The fraction of sp³-hybridized carbons (Fsp3) is 0.578. The number of benzene rings is 2. The van der Waals surface area contributed by atoms with Gasteiger partial charge in [0.1, 0.15) is 54.8 Å². The summed E-state index contributed by atoms with van der Waals surface area (Å²) in [6.45, 7) is 18.1. The van der Waals surface area contributed by atoms with Gasteiger partial charge in [-0.25, -0.2) is 18.2 Å². The predicted molar refractivity (Wildman–Crippen MR) is 228 cm³/mol. The van der Waals surface area contributed by atoms with Gasteiger partial charge in [-0.2, -0.15) is 9.97 Å². The quantitative estimate of drug-likeness (QED) is 0.0683. The number of ether oxygens (including phenoxy) is 4. The average molecular weight is 834 g/mol. The molecule has 2 N–H and O–H groups in total. The van der Waals surface area contributed by atoms with Crippen molar-refractivity contribution in [3.8, 4) is 40.4 Å². The fourth-order valence-corrected chi connectivity index (χ4v) is 14.8. The largest absolute Gasteiger partial charge is 0.474 e. The van der Waals surface area contributed by atoms with E-state index in [1.54, 1.807) is 18.2 Å². The summed E-state index contributed by atoms with van der Waals surface area (Å²) in [4.78, 5) is 16.3. The van der Waals surface area contributed by atoms with E-state index in [0.717, 1.165) is 19.4 Å².